The van der Waals surface area contributed by atoms with Crippen LogP contribution in [0.3, 0.4) is 0 Å². The molecular weight excluding hydrogens is 384 g/mol. The third kappa shape index (κ3) is 4.54. The first-order valence-corrected chi connectivity index (χ1v) is 10.8. The molecule has 4 rings (SSSR count). The molecule has 1 saturated heterocycles. The Hall–Kier alpha value is -2.58. The van der Waals surface area contributed by atoms with Crippen molar-refractivity contribution in [3.63, 3.8) is 0 Å². The van der Waals surface area contributed by atoms with Gasteiger partial charge in [0, 0.05) is 56.8 Å². The van der Waals surface area contributed by atoms with Crippen molar-refractivity contribution in [2.45, 2.75) is 26.8 Å². The Morgan fingerprint density at radius 3 is 2.72 bits per heavy atom. The number of anilines is 1. The number of nitrogens with one attached hydrogen (secondary N) is 1. The van der Waals surface area contributed by atoms with Crippen LogP contribution in [0.5, 0.6) is 0 Å². The van der Waals surface area contributed by atoms with Crippen molar-refractivity contribution < 1.29 is 4.79 Å². The van der Waals surface area contributed by atoms with E-state index in [1.165, 1.54) is 10.4 Å². The molecule has 0 radical (unpaired) electrons. The maximum absolute atomic E-state index is 12.6. The fourth-order valence-electron chi connectivity index (χ4n) is 3.64. The summed E-state index contributed by atoms with van der Waals surface area (Å²) in [4.78, 5) is 32.3. The highest BCUT2D eigenvalue weighted by atomic mass is 32.1. The summed E-state index contributed by atoms with van der Waals surface area (Å²) in [6.07, 6.45) is 3.88. The lowest BCUT2D eigenvalue weighted by Gasteiger charge is -2.34. The zero-order valence-electron chi connectivity index (χ0n) is 16.9. The monoisotopic (exact) mass is 410 g/mol. The minimum atomic E-state index is 0.193. The standard InChI is InChI=1S/C21H26N6OS/c1-15-16(2)29-21-19(15)20(24-14-25-21)23-8-6-18(28)27-11-9-26(10-12-27)13-17-5-3-4-7-22-17/h3-5,7,14H,6,8-13H2,1-2H3,(H,23,24,25). The topological polar surface area (TPSA) is 74.2 Å². The third-order valence-corrected chi connectivity index (χ3v) is 6.55. The molecule has 3 aromatic heterocycles. The molecular formula is C21H26N6OS. The van der Waals surface area contributed by atoms with Gasteiger partial charge in [-0.2, -0.15) is 0 Å². The Morgan fingerprint density at radius 2 is 1.97 bits per heavy atom. The molecule has 152 valence electrons. The van der Waals surface area contributed by atoms with Crippen LogP contribution in [0.25, 0.3) is 10.2 Å². The van der Waals surface area contributed by atoms with Crippen molar-refractivity contribution in [1.82, 2.24) is 24.8 Å². The number of amides is 1. The number of rotatable bonds is 6. The second-order valence-electron chi connectivity index (χ2n) is 7.34. The second-order valence-corrected chi connectivity index (χ2v) is 8.54. The number of fused-ring (bicyclic) bond motifs is 1. The van der Waals surface area contributed by atoms with E-state index in [2.05, 4.69) is 39.0 Å². The van der Waals surface area contributed by atoms with Gasteiger partial charge in [-0.15, -0.1) is 11.3 Å². The van der Waals surface area contributed by atoms with E-state index in [0.717, 1.165) is 54.5 Å². The minimum Gasteiger partial charge on any atom is -0.369 e. The van der Waals surface area contributed by atoms with Gasteiger partial charge >= 0.3 is 0 Å². The predicted octanol–water partition coefficient (Wildman–Crippen LogP) is 2.85. The summed E-state index contributed by atoms with van der Waals surface area (Å²) in [5, 5.41) is 4.42. The first kappa shape index (κ1) is 19.7. The van der Waals surface area contributed by atoms with Crippen LogP contribution in [0, 0.1) is 13.8 Å². The number of aromatic nitrogens is 3. The Morgan fingerprint density at radius 1 is 1.14 bits per heavy atom. The molecule has 0 aliphatic carbocycles. The molecule has 1 fully saturated rings. The Labute approximate surface area is 174 Å². The van der Waals surface area contributed by atoms with Crippen LogP contribution < -0.4 is 5.32 Å². The number of carbonyl (C=O) groups is 1. The lowest BCUT2D eigenvalue weighted by molar-refractivity contribution is -0.132. The molecule has 29 heavy (non-hydrogen) atoms. The summed E-state index contributed by atoms with van der Waals surface area (Å²) < 4.78 is 0. The van der Waals surface area contributed by atoms with E-state index in [4.69, 9.17) is 0 Å². The molecule has 0 aromatic carbocycles. The average Bonchev–Trinajstić information content (AvgIpc) is 3.04. The molecule has 7 nitrogen and oxygen atoms in total. The SMILES string of the molecule is Cc1sc2ncnc(NCCC(=O)N3CCN(Cc4ccccn4)CC3)c2c1C. The van der Waals surface area contributed by atoms with Gasteiger partial charge in [0.05, 0.1) is 11.1 Å². The quantitative estimate of drug-likeness (QED) is 0.674. The zero-order valence-corrected chi connectivity index (χ0v) is 17.7. The predicted molar refractivity (Wildman–Crippen MR) is 116 cm³/mol. The number of hydrogen-bond donors (Lipinski definition) is 1. The lowest BCUT2D eigenvalue weighted by Crippen LogP contribution is -2.48. The molecule has 1 N–H and O–H groups in total. The van der Waals surface area contributed by atoms with Crippen molar-refractivity contribution in [1.29, 1.82) is 0 Å². The van der Waals surface area contributed by atoms with Crippen LogP contribution in [-0.2, 0) is 11.3 Å². The van der Waals surface area contributed by atoms with Gasteiger partial charge in [0.25, 0.3) is 0 Å². The van der Waals surface area contributed by atoms with Gasteiger partial charge in [0.2, 0.25) is 5.91 Å². The third-order valence-electron chi connectivity index (χ3n) is 5.43. The first-order chi connectivity index (χ1) is 14.1. The molecule has 0 saturated carbocycles. The van der Waals surface area contributed by atoms with Gasteiger partial charge in [-0.3, -0.25) is 14.7 Å². The van der Waals surface area contributed by atoms with Crippen molar-refractivity contribution >= 4 is 33.3 Å². The van der Waals surface area contributed by atoms with Crippen LogP contribution in [0.4, 0.5) is 5.82 Å². The number of pyridine rings is 1. The van der Waals surface area contributed by atoms with Crippen molar-refractivity contribution in [3.05, 3.63) is 46.9 Å². The number of nitrogens with zero attached hydrogens (tertiary/aromatic N) is 5. The maximum atomic E-state index is 12.6. The number of hydrogen-bond acceptors (Lipinski definition) is 7. The summed E-state index contributed by atoms with van der Waals surface area (Å²) in [5.74, 6) is 1.02. The van der Waals surface area contributed by atoms with Crippen molar-refractivity contribution in [2.24, 2.45) is 0 Å². The fraction of sp³-hybridized carbons (Fsp3) is 0.429. The number of carbonyl (C=O) groups excluding carboxylic acids is 1. The van der Waals surface area contributed by atoms with Gasteiger partial charge < -0.3 is 10.2 Å². The summed E-state index contributed by atoms with van der Waals surface area (Å²) in [7, 11) is 0. The summed E-state index contributed by atoms with van der Waals surface area (Å²) in [6.45, 7) is 8.92. The van der Waals surface area contributed by atoms with E-state index in [9.17, 15) is 4.79 Å². The van der Waals surface area contributed by atoms with Crippen molar-refractivity contribution in [2.75, 3.05) is 38.0 Å². The van der Waals surface area contributed by atoms with E-state index in [0.29, 0.717) is 13.0 Å². The van der Waals surface area contributed by atoms with Crippen LogP contribution in [0.2, 0.25) is 0 Å². The van der Waals surface area contributed by atoms with E-state index in [1.54, 1.807) is 17.7 Å². The fourth-order valence-corrected chi connectivity index (χ4v) is 4.64. The highest BCUT2D eigenvalue weighted by molar-refractivity contribution is 7.18. The average molecular weight is 411 g/mol. The molecule has 0 spiro atoms. The lowest BCUT2D eigenvalue weighted by atomic mass is 10.2. The smallest absolute Gasteiger partial charge is 0.224 e. The Kier molecular flexibility index (Phi) is 6.01. The van der Waals surface area contributed by atoms with E-state index < -0.39 is 0 Å². The van der Waals surface area contributed by atoms with Crippen molar-refractivity contribution in [3.8, 4) is 0 Å². The molecule has 1 aliphatic rings. The van der Waals surface area contributed by atoms with E-state index in [-0.39, 0.29) is 5.91 Å². The number of piperazine rings is 1. The Balaban J connectivity index is 1.26. The summed E-state index contributed by atoms with van der Waals surface area (Å²) >= 11 is 1.68. The molecule has 3 aromatic rings. The molecule has 0 bridgehead atoms. The van der Waals surface area contributed by atoms with Crippen LogP contribution in [-0.4, -0.2) is 63.4 Å². The normalized spacial score (nSPS) is 15.0. The van der Waals surface area contributed by atoms with Crippen LogP contribution >= 0.6 is 11.3 Å². The molecule has 1 aliphatic heterocycles. The van der Waals surface area contributed by atoms with Gasteiger partial charge in [-0.25, -0.2) is 9.97 Å². The second kappa shape index (κ2) is 8.84. The van der Waals surface area contributed by atoms with E-state index >= 15 is 0 Å². The first-order valence-electron chi connectivity index (χ1n) is 9.96. The molecule has 0 unspecified atom stereocenters. The van der Waals surface area contributed by atoms with E-state index in [1.807, 2.05) is 29.3 Å². The molecule has 1 amide bonds. The maximum Gasteiger partial charge on any atom is 0.224 e. The minimum absolute atomic E-state index is 0.193. The summed E-state index contributed by atoms with van der Waals surface area (Å²) in [5.41, 5.74) is 2.29. The van der Waals surface area contributed by atoms with Crippen LogP contribution in [0.15, 0.2) is 30.7 Å². The van der Waals surface area contributed by atoms with Crippen LogP contribution in [0.1, 0.15) is 22.6 Å². The van der Waals surface area contributed by atoms with Gasteiger partial charge in [-0.05, 0) is 31.5 Å². The van der Waals surface area contributed by atoms with Gasteiger partial charge in [0.15, 0.2) is 0 Å². The molecule has 0 atom stereocenters. The summed E-state index contributed by atoms with van der Waals surface area (Å²) in [6, 6.07) is 5.99. The largest absolute Gasteiger partial charge is 0.369 e. The molecule has 4 heterocycles. The number of aryl methyl sites for hydroxylation is 2. The zero-order chi connectivity index (χ0) is 20.2. The highest BCUT2D eigenvalue weighted by Crippen LogP contribution is 2.32. The Bertz CT molecular complexity index is 982. The highest BCUT2D eigenvalue weighted by Gasteiger charge is 2.21. The molecule has 8 heteroatoms. The van der Waals surface area contributed by atoms with Gasteiger partial charge in [0.1, 0.15) is 17.0 Å². The van der Waals surface area contributed by atoms with Gasteiger partial charge in [-0.1, -0.05) is 6.07 Å². The number of thiophene rings is 1.